The van der Waals surface area contributed by atoms with Crippen LogP contribution in [0.1, 0.15) is 35.2 Å². The van der Waals surface area contributed by atoms with E-state index in [1.165, 1.54) is 12.3 Å². The van der Waals surface area contributed by atoms with Gasteiger partial charge >= 0.3 is 5.97 Å². The highest BCUT2D eigenvalue weighted by molar-refractivity contribution is 5.89. The molecule has 1 atom stereocenters. The Labute approximate surface area is 134 Å². The number of anilines is 1. The third-order valence-corrected chi connectivity index (χ3v) is 4.12. The van der Waals surface area contributed by atoms with E-state index in [-0.39, 0.29) is 17.7 Å². The molecule has 1 fully saturated rings. The van der Waals surface area contributed by atoms with Crippen LogP contribution in [0.25, 0.3) is 0 Å². The molecule has 3 rings (SSSR count). The van der Waals surface area contributed by atoms with Gasteiger partial charge in [-0.05, 0) is 37.1 Å². The number of nitrogens with zero attached hydrogens (tertiary/aromatic N) is 2. The topological polar surface area (TPSA) is 42.4 Å². The van der Waals surface area contributed by atoms with Gasteiger partial charge in [0.25, 0.3) is 0 Å². The maximum Gasteiger partial charge on any atom is 0.339 e. The summed E-state index contributed by atoms with van der Waals surface area (Å²) >= 11 is 0. The summed E-state index contributed by atoms with van der Waals surface area (Å²) in [7, 11) is 0. The third kappa shape index (κ3) is 3.33. The van der Waals surface area contributed by atoms with Gasteiger partial charge in [-0.15, -0.1) is 0 Å². The van der Waals surface area contributed by atoms with E-state index in [9.17, 15) is 9.18 Å². The zero-order valence-corrected chi connectivity index (χ0v) is 13.0. The van der Waals surface area contributed by atoms with Crippen LogP contribution in [-0.2, 0) is 4.74 Å². The van der Waals surface area contributed by atoms with Gasteiger partial charge in [0.2, 0.25) is 0 Å². The predicted octanol–water partition coefficient (Wildman–Crippen LogP) is 3.39. The van der Waals surface area contributed by atoms with E-state index in [1.807, 2.05) is 18.2 Å². The average molecular weight is 314 g/mol. The first kappa shape index (κ1) is 15.5. The van der Waals surface area contributed by atoms with Crippen LogP contribution in [0, 0.1) is 5.82 Å². The lowest BCUT2D eigenvalue weighted by Gasteiger charge is -2.18. The van der Waals surface area contributed by atoms with Crippen LogP contribution in [0.5, 0.6) is 0 Å². The maximum atomic E-state index is 13.9. The summed E-state index contributed by atoms with van der Waals surface area (Å²) in [6.45, 7) is 3.67. The van der Waals surface area contributed by atoms with Crippen molar-refractivity contribution in [2.75, 3.05) is 24.6 Å². The standard InChI is InChI=1S/C18H19FN2O2/c1-2-23-18(22)13-7-8-17(20-11-13)21-10-9-14(12-21)15-5-3-4-6-16(15)19/h3-8,11,14H,2,9-10,12H2,1H3/t14-/m0/s1. The Balaban J connectivity index is 1.69. The number of carbonyl (C=O) groups is 1. The van der Waals surface area contributed by atoms with Crippen LogP contribution in [0.3, 0.4) is 0 Å². The minimum atomic E-state index is -0.364. The van der Waals surface area contributed by atoms with Gasteiger partial charge in [-0.25, -0.2) is 14.2 Å². The molecule has 23 heavy (non-hydrogen) atoms. The molecule has 0 radical (unpaired) electrons. The minimum absolute atomic E-state index is 0.148. The fourth-order valence-electron chi connectivity index (χ4n) is 2.94. The lowest BCUT2D eigenvalue weighted by molar-refractivity contribution is 0.0526. The van der Waals surface area contributed by atoms with Gasteiger partial charge in [0.15, 0.2) is 0 Å². The van der Waals surface area contributed by atoms with Gasteiger partial charge < -0.3 is 9.64 Å². The van der Waals surface area contributed by atoms with E-state index >= 15 is 0 Å². The first-order chi connectivity index (χ1) is 11.2. The summed E-state index contributed by atoms with van der Waals surface area (Å²) in [5.74, 6) is 0.460. The fourth-order valence-corrected chi connectivity index (χ4v) is 2.94. The number of carbonyl (C=O) groups excluding carboxylic acids is 1. The van der Waals surface area contributed by atoms with Crippen molar-refractivity contribution in [3.63, 3.8) is 0 Å². The van der Waals surface area contributed by atoms with Crippen LogP contribution in [0.2, 0.25) is 0 Å². The highest BCUT2D eigenvalue weighted by atomic mass is 19.1. The molecule has 2 heterocycles. The van der Waals surface area contributed by atoms with E-state index in [2.05, 4.69) is 9.88 Å². The molecule has 0 spiro atoms. The summed E-state index contributed by atoms with van der Waals surface area (Å²) in [6, 6.07) is 10.5. The SMILES string of the molecule is CCOC(=O)c1ccc(N2CC[C@H](c3ccccc3F)C2)nc1. The molecule has 5 heteroatoms. The Morgan fingerprint density at radius 2 is 2.17 bits per heavy atom. The molecular formula is C18H19FN2O2. The van der Waals surface area contributed by atoms with E-state index in [0.29, 0.717) is 12.2 Å². The van der Waals surface area contributed by atoms with Crippen LogP contribution >= 0.6 is 0 Å². The molecule has 1 aromatic carbocycles. The van der Waals surface area contributed by atoms with Gasteiger partial charge in [0, 0.05) is 25.2 Å². The number of benzene rings is 1. The molecule has 4 nitrogen and oxygen atoms in total. The summed E-state index contributed by atoms with van der Waals surface area (Å²) in [4.78, 5) is 18.1. The number of esters is 1. The summed E-state index contributed by atoms with van der Waals surface area (Å²) in [5, 5.41) is 0. The molecule has 1 aliphatic heterocycles. The first-order valence-electron chi connectivity index (χ1n) is 7.81. The van der Waals surface area contributed by atoms with Crippen molar-refractivity contribution in [2.45, 2.75) is 19.3 Å². The quantitative estimate of drug-likeness (QED) is 0.811. The largest absolute Gasteiger partial charge is 0.462 e. The number of halogens is 1. The van der Waals surface area contributed by atoms with Crippen molar-refractivity contribution in [3.8, 4) is 0 Å². The van der Waals surface area contributed by atoms with Gasteiger partial charge in [-0.3, -0.25) is 0 Å². The fraction of sp³-hybridized carbons (Fsp3) is 0.333. The molecule has 120 valence electrons. The number of rotatable bonds is 4. The Bertz CT molecular complexity index is 688. The number of ether oxygens (including phenoxy) is 1. The van der Waals surface area contributed by atoms with Crippen molar-refractivity contribution in [1.82, 2.24) is 4.98 Å². The highest BCUT2D eigenvalue weighted by Crippen LogP contribution is 2.31. The van der Waals surface area contributed by atoms with Crippen molar-refractivity contribution in [3.05, 3.63) is 59.5 Å². The van der Waals surface area contributed by atoms with Crippen LogP contribution in [0.4, 0.5) is 10.2 Å². The normalized spacial score (nSPS) is 17.3. The number of pyridine rings is 1. The average Bonchev–Trinajstić information content (AvgIpc) is 3.05. The van der Waals surface area contributed by atoms with Gasteiger partial charge in [0.1, 0.15) is 11.6 Å². The molecule has 1 aliphatic rings. The first-order valence-corrected chi connectivity index (χ1v) is 7.81. The van der Waals surface area contributed by atoms with Gasteiger partial charge in [-0.1, -0.05) is 18.2 Å². The lowest BCUT2D eigenvalue weighted by atomic mass is 9.98. The van der Waals surface area contributed by atoms with E-state index in [4.69, 9.17) is 4.74 Å². The second-order valence-corrected chi connectivity index (χ2v) is 5.58. The molecule has 2 aromatic rings. The zero-order valence-electron chi connectivity index (χ0n) is 13.0. The second kappa shape index (κ2) is 6.77. The molecule has 1 aromatic heterocycles. The van der Waals surface area contributed by atoms with E-state index in [1.54, 1.807) is 19.1 Å². The van der Waals surface area contributed by atoms with Crippen molar-refractivity contribution in [2.24, 2.45) is 0 Å². The Hall–Kier alpha value is -2.43. The van der Waals surface area contributed by atoms with Crippen molar-refractivity contribution < 1.29 is 13.9 Å². The molecule has 0 saturated carbocycles. The Morgan fingerprint density at radius 1 is 1.35 bits per heavy atom. The summed E-state index contributed by atoms with van der Waals surface area (Å²) < 4.78 is 18.8. The van der Waals surface area contributed by atoms with E-state index < -0.39 is 0 Å². The molecule has 0 aliphatic carbocycles. The third-order valence-electron chi connectivity index (χ3n) is 4.12. The number of hydrogen-bond donors (Lipinski definition) is 0. The second-order valence-electron chi connectivity index (χ2n) is 5.58. The maximum absolute atomic E-state index is 13.9. The molecule has 0 unspecified atom stereocenters. The summed E-state index contributed by atoms with van der Waals surface area (Å²) in [5.41, 5.74) is 1.21. The van der Waals surface area contributed by atoms with Crippen LogP contribution in [0.15, 0.2) is 42.6 Å². The zero-order chi connectivity index (χ0) is 16.2. The Morgan fingerprint density at radius 3 is 2.87 bits per heavy atom. The van der Waals surface area contributed by atoms with Crippen LogP contribution < -0.4 is 4.90 Å². The predicted molar refractivity (Wildman–Crippen MR) is 86.2 cm³/mol. The highest BCUT2D eigenvalue weighted by Gasteiger charge is 2.26. The van der Waals surface area contributed by atoms with Crippen molar-refractivity contribution in [1.29, 1.82) is 0 Å². The summed E-state index contributed by atoms with van der Waals surface area (Å²) in [6.07, 6.45) is 2.42. The van der Waals surface area contributed by atoms with Gasteiger partial charge in [0.05, 0.1) is 12.2 Å². The molecule has 1 saturated heterocycles. The monoisotopic (exact) mass is 314 g/mol. The number of aromatic nitrogens is 1. The van der Waals surface area contributed by atoms with Gasteiger partial charge in [-0.2, -0.15) is 0 Å². The molecule has 0 N–H and O–H groups in total. The smallest absolute Gasteiger partial charge is 0.339 e. The molecule has 0 amide bonds. The van der Waals surface area contributed by atoms with Crippen LogP contribution in [-0.4, -0.2) is 30.6 Å². The Kier molecular flexibility index (Phi) is 4.55. The number of hydrogen-bond acceptors (Lipinski definition) is 4. The lowest BCUT2D eigenvalue weighted by Crippen LogP contribution is -2.20. The minimum Gasteiger partial charge on any atom is -0.462 e. The van der Waals surface area contributed by atoms with E-state index in [0.717, 1.165) is 30.9 Å². The molecular weight excluding hydrogens is 295 g/mol. The van der Waals surface area contributed by atoms with Crippen molar-refractivity contribution >= 4 is 11.8 Å². The molecule has 0 bridgehead atoms.